The van der Waals surface area contributed by atoms with Crippen molar-refractivity contribution in [3.8, 4) is 0 Å². The molecular formula is C11H18N2OS. The Hall–Kier alpha value is -0.420. The lowest BCUT2D eigenvalue weighted by Crippen LogP contribution is -2.31. The topological polar surface area (TPSA) is 49.5 Å². The molecule has 3 N–H and O–H groups in total. The smallest absolute Gasteiger partial charge is 0.0564 e. The van der Waals surface area contributed by atoms with Crippen molar-refractivity contribution >= 4 is 11.3 Å². The number of nitrogens with zero attached hydrogens (tertiary/aromatic N) is 1. The van der Waals surface area contributed by atoms with Crippen LogP contribution < -0.4 is 5.73 Å². The first-order valence-electron chi connectivity index (χ1n) is 5.43. The van der Waals surface area contributed by atoms with Crippen LogP contribution in [0.5, 0.6) is 0 Å². The highest BCUT2D eigenvalue weighted by Crippen LogP contribution is 2.29. The molecule has 0 saturated carbocycles. The molecule has 1 aromatic rings. The maximum atomic E-state index is 9.11. The van der Waals surface area contributed by atoms with Gasteiger partial charge in [-0.2, -0.15) is 0 Å². The summed E-state index contributed by atoms with van der Waals surface area (Å²) in [6.45, 7) is 3.01. The third-order valence-corrected chi connectivity index (χ3v) is 4.08. The van der Waals surface area contributed by atoms with Gasteiger partial charge in [0, 0.05) is 24.6 Å². The minimum Gasteiger partial charge on any atom is -0.396 e. The van der Waals surface area contributed by atoms with E-state index in [4.69, 9.17) is 10.8 Å². The van der Waals surface area contributed by atoms with Crippen LogP contribution in [-0.4, -0.2) is 36.2 Å². The molecule has 0 aliphatic carbocycles. The molecule has 1 fully saturated rings. The van der Waals surface area contributed by atoms with Crippen LogP contribution in [0.1, 0.15) is 17.3 Å². The van der Waals surface area contributed by atoms with E-state index in [1.165, 1.54) is 4.88 Å². The lowest BCUT2D eigenvalue weighted by atomic mass is 10.1. The number of aliphatic hydroxyl groups is 1. The quantitative estimate of drug-likeness (QED) is 0.807. The highest BCUT2D eigenvalue weighted by molar-refractivity contribution is 7.10. The Morgan fingerprint density at radius 3 is 3.07 bits per heavy atom. The normalized spacial score (nSPS) is 24.5. The molecule has 1 aliphatic rings. The summed E-state index contributed by atoms with van der Waals surface area (Å²) in [5, 5.41) is 11.2. The summed E-state index contributed by atoms with van der Waals surface area (Å²) < 4.78 is 0. The van der Waals surface area contributed by atoms with Crippen molar-refractivity contribution in [3.63, 3.8) is 0 Å². The van der Waals surface area contributed by atoms with Gasteiger partial charge in [-0.15, -0.1) is 11.3 Å². The van der Waals surface area contributed by atoms with Gasteiger partial charge in [0.2, 0.25) is 0 Å². The first-order chi connectivity index (χ1) is 7.35. The zero-order valence-corrected chi connectivity index (χ0v) is 9.62. The lowest BCUT2D eigenvalue weighted by Gasteiger charge is -2.25. The van der Waals surface area contributed by atoms with Gasteiger partial charge in [0.25, 0.3) is 0 Å². The first-order valence-corrected chi connectivity index (χ1v) is 6.31. The zero-order valence-electron chi connectivity index (χ0n) is 8.80. The lowest BCUT2D eigenvalue weighted by molar-refractivity contribution is 0.202. The monoisotopic (exact) mass is 226 g/mol. The fourth-order valence-electron chi connectivity index (χ4n) is 2.22. The molecule has 84 valence electrons. The number of nitrogens with two attached hydrogens (primary N) is 1. The number of likely N-dealkylation sites (tertiary alicyclic amines) is 1. The zero-order chi connectivity index (χ0) is 10.7. The summed E-state index contributed by atoms with van der Waals surface area (Å²) >= 11 is 1.77. The Balaban J connectivity index is 2.02. The molecule has 4 heteroatoms. The van der Waals surface area contributed by atoms with E-state index in [9.17, 15) is 0 Å². The van der Waals surface area contributed by atoms with Crippen LogP contribution in [0.3, 0.4) is 0 Å². The molecule has 0 amide bonds. The minimum absolute atomic E-state index is 0.304. The number of thiophene rings is 1. The maximum Gasteiger partial charge on any atom is 0.0564 e. The summed E-state index contributed by atoms with van der Waals surface area (Å²) in [4.78, 5) is 3.74. The second kappa shape index (κ2) is 5.07. The molecule has 1 aromatic heterocycles. The molecule has 0 spiro atoms. The van der Waals surface area contributed by atoms with Crippen LogP contribution in [0.2, 0.25) is 0 Å². The highest BCUT2D eigenvalue weighted by Gasteiger charge is 2.28. The molecule has 2 unspecified atom stereocenters. The van der Waals surface area contributed by atoms with Gasteiger partial charge in [0.1, 0.15) is 0 Å². The Labute approximate surface area is 94.5 Å². The maximum absolute atomic E-state index is 9.11. The van der Waals surface area contributed by atoms with Gasteiger partial charge in [0.05, 0.1) is 6.04 Å². The van der Waals surface area contributed by atoms with Gasteiger partial charge in [0.15, 0.2) is 0 Å². The van der Waals surface area contributed by atoms with Crippen molar-refractivity contribution in [1.29, 1.82) is 0 Å². The van der Waals surface area contributed by atoms with E-state index in [0.29, 0.717) is 25.1 Å². The van der Waals surface area contributed by atoms with Gasteiger partial charge >= 0.3 is 0 Å². The Morgan fingerprint density at radius 1 is 1.67 bits per heavy atom. The number of hydrogen-bond acceptors (Lipinski definition) is 4. The highest BCUT2D eigenvalue weighted by atomic mass is 32.1. The van der Waals surface area contributed by atoms with Crippen molar-refractivity contribution < 1.29 is 5.11 Å². The molecule has 0 aromatic carbocycles. The summed E-state index contributed by atoms with van der Waals surface area (Å²) in [6, 6.07) is 4.57. The molecule has 0 bridgehead atoms. The average molecular weight is 226 g/mol. The first kappa shape index (κ1) is 11.1. The molecule has 1 saturated heterocycles. The van der Waals surface area contributed by atoms with Crippen LogP contribution in [0.15, 0.2) is 17.5 Å². The van der Waals surface area contributed by atoms with Gasteiger partial charge in [-0.25, -0.2) is 0 Å². The number of rotatable bonds is 4. The van der Waals surface area contributed by atoms with E-state index in [2.05, 4.69) is 22.4 Å². The fourth-order valence-corrected chi connectivity index (χ4v) is 3.09. The van der Waals surface area contributed by atoms with E-state index < -0.39 is 0 Å². The van der Waals surface area contributed by atoms with Gasteiger partial charge in [-0.3, -0.25) is 4.90 Å². The summed E-state index contributed by atoms with van der Waals surface area (Å²) in [5.41, 5.74) is 5.83. The van der Waals surface area contributed by atoms with Gasteiger partial charge in [-0.05, 0) is 30.3 Å². The Kier molecular flexibility index (Phi) is 3.75. The average Bonchev–Trinajstić information content (AvgIpc) is 2.89. The standard InChI is InChI=1S/C11H18N2OS/c12-6-10(11-2-1-5-15-11)13-4-3-9(7-13)8-14/h1-2,5,9-10,14H,3-4,6-8,12H2. The van der Waals surface area contributed by atoms with Crippen molar-refractivity contribution in [1.82, 2.24) is 4.90 Å². The van der Waals surface area contributed by atoms with Crippen LogP contribution in [0.4, 0.5) is 0 Å². The second-order valence-electron chi connectivity index (χ2n) is 4.10. The largest absolute Gasteiger partial charge is 0.396 e. The summed E-state index contributed by atoms with van der Waals surface area (Å²) in [5.74, 6) is 0.444. The van der Waals surface area contributed by atoms with Crippen molar-refractivity contribution in [3.05, 3.63) is 22.4 Å². The van der Waals surface area contributed by atoms with E-state index in [1.54, 1.807) is 11.3 Å². The Morgan fingerprint density at radius 2 is 2.53 bits per heavy atom. The molecule has 3 nitrogen and oxygen atoms in total. The summed E-state index contributed by atoms with van der Waals surface area (Å²) in [6.07, 6.45) is 1.10. The number of hydrogen-bond donors (Lipinski definition) is 2. The van der Waals surface area contributed by atoms with E-state index in [0.717, 1.165) is 19.5 Å². The SMILES string of the molecule is NCC(c1cccs1)N1CCC(CO)C1. The molecule has 2 rings (SSSR count). The van der Waals surface area contributed by atoms with E-state index >= 15 is 0 Å². The molecule has 1 aliphatic heterocycles. The van der Waals surface area contributed by atoms with Gasteiger partial charge < -0.3 is 10.8 Å². The van der Waals surface area contributed by atoms with Gasteiger partial charge in [-0.1, -0.05) is 6.07 Å². The van der Waals surface area contributed by atoms with Crippen LogP contribution in [0, 0.1) is 5.92 Å². The fraction of sp³-hybridized carbons (Fsp3) is 0.636. The molecule has 0 radical (unpaired) electrons. The van der Waals surface area contributed by atoms with Crippen molar-refractivity contribution in [2.24, 2.45) is 11.7 Å². The third-order valence-electron chi connectivity index (χ3n) is 3.11. The summed E-state index contributed by atoms with van der Waals surface area (Å²) in [7, 11) is 0. The third kappa shape index (κ3) is 2.39. The Bertz CT molecular complexity index is 289. The predicted octanol–water partition coefficient (Wildman–Crippen LogP) is 1.06. The van der Waals surface area contributed by atoms with Crippen LogP contribution in [-0.2, 0) is 0 Å². The predicted molar refractivity (Wildman–Crippen MR) is 62.9 cm³/mol. The van der Waals surface area contributed by atoms with Crippen molar-refractivity contribution in [2.45, 2.75) is 12.5 Å². The van der Waals surface area contributed by atoms with E-state index in [1.807, 2.05) is 0 Å². The van der Waals surface area contributed by atoms with Crippen LogP contribution in [0.25, 0.3) is 0 Å². The van der Waals surface area contributed by atoms with Crippen molar-refractivity contribution in [2.75, 3.05) is 26.2 Å². The molecular weight excluding hydrogens is 208 g/mol. The van der Waals surface area contributed by atoms with Crippen LogP contribution >= 0.6 is 11.3 Å². The second-order valence-corrected chi connectivity index (χ2v) is 5.08. The molecule has 2 heterocycles. The minimum atomic E-state index is 0.304. The van der Waals surface area contributed by atoms with E-state index in [-0.39, 0.29) is 0 Å². The molecule has 2 atom stereocenters. The molecule has 15 heavy (non-hydrogen) atoms. The number of aliphatic hydroxyl groups excluding tert-OH is 1.